The van der Waals surface area contributed by atoms with Crippen LogP contribution >= 0.6 is 0 Å². The number of amides is 1. The van der Waals surface area contributed by atoms with Crippen molar-refractivity contribution in [2.24, 2.45) is 5.92 Å². The van der Waals surface area contributed by atoms with Gasteiger partial charge in [0, 0.05) is 12.1 Å². The summed E-state index contributed by atoms with van der Waals surface area (Å²) in [6, 6.07) is 12.6. The SMILES string of the molecule is COc1ccc2c(c1)CC(C(=O)Nc1ccc(OCCCC(=O)O)cc1)CO2. The number of carboxylic acids is 1. The molecule has 1 heterocycles. The van der Waals surface area contributed by atoms with Crippen LogP contribution < -0.4 is 19.5 Å². The molecule has 1 atom stereocenters. The summed E-state index contributed by atoms with van der Waals surface area (Å²) in [5.41, 5.74) is 1.62. The van der Waals surface area contributed by atoms with Gasteiger partial charge in [-0.25, -0.2) is 0 Å². The third-order valence-electron chi connectivity index (χ3n) is 4.47. The van der Waals surface area contributed by atoms with Crippen molar-refractivity contribution >= 4 is 17.6 Å². The van der Waals surface area contributed by atoms with Crippen molar-refractivity contribution in [1.82, 2.24) is 0 Å². The van der Waals surface area contributed by atoms with Crippen molar-refractivity contribution in [3.05, 3.63) is 48.0 Å². The van der Waals surface area contributed by atoms with E-state index in [1.807, 2.05) is 18.2 Å². The van der Waals surface area contributed by atoms with Gasteiger partial charge in [0.2, 0.25) is 5.91 Å². The summed E-state index contributed by atoms with van der Waals surface area (Å²) in [6.45, 7) is 0.663. The van der Waals surface area contributed by atoms with E-state index in [4.69, 9.17) is 19.3 Å². The average molecular weight is 385 g/mol. The predicted molar refractivity (Wildman–Crippen MR) is 103 cm³/mol. The van der Waals surface area contributed by atoms with Crippen LogP contribution in [0.25, 0.3) is 0 Å². The number of nitrogens with one attached hydrogen (secondary N) is 1. The van der Waals surface area contributed by atoms with Gasteiger partial charge < -0.3 is 24.6 Å². The molecule has 148 valence electrons. The molecule has 1 aliphatic rings. The number of anilines is 1. The summed E-state index contributed by atoms with van der Waals surface area (Å²) in [6.07, 6.45) is 1.11. The maximum atomic E-state index is 12.6. The number of aliphatic carboxylic acids is 1. The summed E-state index contributed by atoms with van der Waals surface area (Å²) in [7, 11) is 1.61. The zero-order valence-corrected chi connectivity index (χ0v) is 15.6. The third kappa shape index (κ3) is 5.16. The van der Waals surface area contributed by atoms with E-state index < -0.39 is 5.97 Å². The van der Waals surface area contributed by atoms with Crippen LogP contribution in [-0.2, 0) is 16.0 Å². The lowest BCUT2D eigenvalue weighted by Crippen LogP contribution is -2.32. The second-order valence-electron chi connectivity index (χ2n) is 6.55. The smallest absolute Gasteiger partial charge is 0.303 e. The molecule has 0 saturated heterocycles. The number of fused-ring (bicyclic) bond motifs is 1. The zero-order chi connectivity index (χ0) is 19.9. The lowest BCUT2D eigenvalue weighted by Gasteiger charge is -2.25. The summed E-state index contributed by atoms with van der Waals surface area (Å²) >= 11 is 0. The highest BCUT2D eigenvalue weighted by atomic mass is 16.5. The molecule has 0 bridgehead atoms. The van der Waals surface area contributed by atoms with Crippen molar-refractivity contribution in [3.8, 4) is 17.2 Å². The fourth-order valence-electron chi connectivity index (χ4n) is 2.96. The monoisotopic (exact) mass is 385 g/mol. The number of hydrogen-bond acceptors (Lipinski definition) is 5. The van der Waals surface area contributed by atoms with Gasteiger partial charge in [0.1, 0.15) is 23.9 Å². The molecule has 2 aromatic rings. The van der Waals surface area contributed by atoms with Crippen LogP contribution in [0.3, 0.4) is 0 Å². The quantitative estimate of drug-likeness (QED) is 0.678. The highest BCUT2D eigenvalue weighted by molar-refractivity contribution is 5.93. The van der Waals surface area contributed by atoms with Gasteiger partial charge in [-0.05, 0) is 60.9 Å². The normalized spacial score (nSPS) is 15.1. The Morgan fingerprint density at radius 1 is 1.18 bits per heavy atom. The maximum Gasteiger partial charge on any atom is 0.303 e. The molecule has 2 N–H and O–H groups in total. The molecule has 2 aromatic carbocycles. The average Bonchev–Trinajstić information content (AvgIpc) is 2.71. The molecular formula is C21H23NO6. The van der Waals surface area contributed by atoms with Crippen molar-refractivity contribution in [1.29, 1.82) is 0 Å². The Labute approximate surface area is 163 Å². The molecule has 0 spiro atoms. The van der Waals surface area contributed by atoms with E-state index in [2.05, 4.69) is 5.32 Å². The summed E-state index contributed by atoms with van der Waals surface area (Å²) in [4.78, 5) is 23.1. The fourth-order valence-corrected chi connectivity index (χ4v) is 2.96. The number of ether oxygens (including phenoxy) is 3. The first-order chi connectivity index (χ1) is 13.5. The Morgan fingerprint density at radius 2 is 1.93 bits per heavy atom. The number of carboxylic acid groups (broad SMARTS) is 1. The van der Waals surface area contributed by atoms with Crippen LogP contribution in [0.1, 0.15) is 18.4 Å². The highest BCUT2D eigenvalue weighted by Gasteiger charge is 2.26. The number of benzene rings is 2. The standard InChI is InChI=1S/C21H23NO6/c1-26-18-8-9-19-14(12-18)11-15(13-28-19)21(25)22-16-4-6-17(7-5-16)27-10-2-3-20(23)24/h4-9,12,15H,2-3,10-11,13H2,1H3,(H,22,25)(H,23,24). The number of carbonyl (C=O) groups is 2. The maximum absolute atomic E-state index is 12.6. The van der Waals surface area contributed by atoms with E-state index in [0.717, 1.165) is 17.1 Å². The van der Waals surface area contributed by atoms with Gasteiger partial charge >= 0.3 is 5.97 Å². The molecule has 7 heteroatoms. The first kappa shape index (κ1) is 19.5. The van der Waals surface area contributed by atoms with E-state index >= 15 is 0 Å². The minimum Gasteiger partial charge on any atom is -0.497 e. The van der Waals surface area contributed by atoms with Crippen molar-refractivity contribution in [2.45, 2.75) is 19.3 Å². The molecule has 1 amide bonds. The molecule has 0 radical (unpaired) electrons. The van der Waals surface area contributed by atoms with Crippen LogP contribution in [0.15, 0.2) is 42.5 Å². The summed E-state index contributed by atoms with van der Waals surface area (Å²) in [5, 5.41) is 11.5. The number of carbonyl (C=O) groups excluding carboxylic acids is 1. The second-order valence-corrected chi connectivity index (χ2v) is 6.55. The van der Waals surface area contributed by atoms with Crippen LogP contribution in [0.5, 0.6) is 17.2 Å². The molecule has 3 rings (SSSR count). The number of rotatable bonds is 8. The van der Waals surface area contributed by atoms with Gasteiger partial charge in [-0.3, -0.25) is 9.59 Å². The Balaban J connectivity index is 1.52. The molecule has 1 unspecified atom stereocenters. The van der Waals surface area contributed by atoms with Crippen LogP contribution in [-0.4, -0.2) is 37.3 Å². The van der Waals surface area contributed by atoms with Gasteiger partial charge in [0.15, 0.2) is 0 Å². The largest absolute Gasteiger partial charge is 0.497 e. The van der Waals surface area contributed by atoms with Crippen molar-refractivity contribution in [2.75, 3.05) is 25.6 Å². The molecule has 0 aliphatic carbocycles. The number of methoxy groups -OCH3 is 1. The van der Waals surface area contributed by atoms with Crippen LogP contribution in [0, 0.1) is 5.92 Å². The van der Waals surface area contributed by atoms with Gasteiger partial charge in [0.05, 0.1) is 19.6 Å². The molecule has 0 fully saturated rings. The van der Waals surface area contributed by atoms with Gasteiger partial charge in [0.25, 0.3) is 0 Å². The first-order valence-electron chi connectivity index (χ1n) is 9.10. The molecule has 7 nitrogen and oxygen atoms in total. The van der Waals surface area contributed by atoms with Crippen LogP contribution in [0.4, 0.5) is 5.69 Å². The number of hydrogen-bond donors (Lipinski definition) is 2. The molecule has 0 aromatic heterocycles. The third-order valence-corrected chi connectivity index (χ3v) is 4.47. The summed E-state index contributed by atoms with van der Waals surface area (Å²) < 4.78 is 16.4. The van der Waals surface area contributed by atoms with E-state index in [1.54, 1.807) is 31.4 Å². The first-order valence-corrected chi connectivity index (χ1v) is 9.10. The lowest BCUT2D eigenvalue weighted by atomic mass is 9.95. The topological polar surface area (TPSA) is 94.1 Å². The predicted octanol–water partition coefficient (Wildman–Crippen LogP) is 3.13. The second kappa shape index (κ2) is 9.12. The molecule has 0 saturated carbocycles. The van der Waals surface area contributed by atoms with E-state index in [1.165, 1.54) is 0 Å². The highest BCUT2D eigenvalue weighted by Crippen LogP contribution is 2.31. The van der Waals surface area contributed by atoms with Gasteiger partial charge in [-0.1, -0.05) is 0 Å². The fraction of sp³-hybridized carbons (Fsp3) is 0.333. The molecule has 28 heavy (non-hydrogen) atoms. The van der Waals surface area contributed by atoms with Crippen LogP contribution in [0.2, 0.25) is 0 Å². The Bertz CT molecular complexity index is 833. The van der Waals surface area contributed by atoms with Crippen molar-refractivity contribution in [3.63, 3.8) is 0 Å². The Hall–Kier alpha value is -3.22. The Morgan fingerprint density at radius 3 is 2.64 bits per heavy atom. The minimum atomic E-state index is -0.838. The zero-order valence-electron chi connectivity index (χ0n) is 15.6. The lowest BCUT2D eigenvalue weighted by molar-refractivity contribution is -0.137. The molecular weight excluding hydrogens is 362 g/mol. The summed E-state index contributed by atoms with van der Waals surface area (Å²) in [5.74, 6) is 0.923. The van der Waals surface area contributed by atoms with Gasteiger partial charge in [-0.2, -0.15) is 0 Å². The molecule has 1 aliphatic heterocycles. The van der Waals surface area contributed by atoms with E-state index in [9.17, 15) is 9.59 Å². The van der Waals surface area contributed by atoms with Gasteiger partial charge in [-0.15, -0.1) is 0 Å². The van der Waals surface area contributed by atoms with E-state index in [-0.39, 0.29) is 18.2 Å². The van der Waals surface area contributed by atoms with E-state index in [0.29, 0.717) is 37.5 Å². The Kier molecular flexibility index (Phi) is 6.37. The minimum absolute atomic E-state index is 0.0760. The van der Waals surface area contributed by atoms with Crippen molar-refractivity contribution < 1.29 is 28.9 Å².